The highest BCUT2D eigenvalue weighted by molar-refractivity contribution is 5.99. The lowest BCUT2D eigenvalue weighted by molar-refractivity contribution is -0.384. The SMILES string of the molecule is C/C(=N/NC(=O)COc1ccccc1)c1ccc([N+](=O)[O-])cc1. The third-order valence-corrected chi connectivity index (χ3v) is 2.96. The van der Waals surface area contributed by atoms with Gasteiger partial charge in [0.2, 0.25) is 0 Å². The summed E-state index contributed by atoms with van der Waals surface area (Å²) in [6.07, 6.45) is 0. The third kappa shape index (κ3) is 4.92. The maximum Gasteiger partial charge on any atom is 0.277 e. The number of hydrogen-bond donors (Lipinski definition) is 1. The fourth-order valence-corrected chi connectivity index (χ4v) is 1.73. The average molecular weight is 313 g/mol. The van der Waals surface area contributed by atoms with Gasteiger partial charge in [-0.2, -0.15) is 5.10 Å². The van der Waals surface area contributed by atoms with Crippen LogP contribution in [0.4, 0.5) is 5.69 Å². The topological polar surface area (TPSA) is 93.8 Å². The Kier molecular flexibility index (Phi) is 5.40. The molecule has 0 aliphatic carbocycles. The van der Waals surface area contributed by atoms with Gasteiger partial charge in [-0.15, -0.1) is 0 Å². The number of nitro groups is 1. The fraction of sp³-hybridized carbons (Fsp3) is 0.125. The Bertz CT molecular complexity index is 712. The Morgan fingerprint density at radius 1 is 1.17 bits per heavy atom. The molecule has 0 fully saturated rings. The van der Waals surface area contributed by atoms with E-state index in [2.05, 4.69) is 10.5 Å². The number of hydrazone groups is 1. The van der Waals surface area contributed by atoms with Crippen LogP contribution in [0, 0.1) is 10.1 Å². The van der Waals surface area contributed by atoms with Crippen molar-refractivity contribution in [2.75, 3.05) is 6.61 Å². The van der Waals surface area contributed by atoms with Crippen LogP contribution in [0.3, 0.4) is 0 Å². The quantitative estimate of drug-likeness (QED) is 0.503. The Balaban J connectivity index is 1.88. The number of para-hydroxylation sites is 1. The first-order valence-corrected chi connectivity index (χ1v) is 6.82. The van der Waals surface area contributed by atoms with Gasteiger partial charge in [-0.25, -0.2) is 5.43 Å². The molecule has 118 valence electrons. The predicted molar refractivity (Wildman–Crippen MR) is 85.4 cm³/mol. The molecule has 0 saturated carbocycles. The number of ether oxygens (including phenoxy) is 1. The molecule has 2 rings (SSSR count). The fourth-order valence-electron chi connectivity index (χ4n) is 1.73. The Labute approximate surface area is 132 Å². The van der Waals surface area contributed by atoms with Crippen molar-refractivity contribution in [3.8, 4) is 5.75 Å². The van der Waals surface area contributed by atoms with E-state index in [-0.39, 0.29) is 12.3 Å². The van der Waals surface area contributed by atoms with E-state index in [1.165, 1.54) is 12.1 Å². The van der Waals surface area contributed by atoms with Crippen LogP contribution in [0.5, 0.6) is 5.75 Å². The molecule has 0 heterocycles. The maximum atomic E-state index is 11.7. The van der Waals surface area contributed by atoms with Gasteiger partial charge in [0.15, 0.2) is 6.61 Å². The van der Waals surface area contributed by atoms with E-state index in [4.69, 9.17) is 4.74 Å². The molecule has 23 heavy (non-hydrogen) atoms. The highest BCUT2D eigenvalue weighted by Gasteiger charge is 2.06. The van der Waals surface area contributed by atoms with E-state index in [1.807, 2.05) is 18.2 Å². The highest BCUT2D eigenvalue weighted by Crippen LogP contribution is 2.12. The molecule has 1 N–H and O–H groups in total. The second-order valence-electron chi connectivity index (χ2n) is 4.64. The Hall–Kier alpha value is -3.22. The Morgan fingerprint density at radius 3 is 2.43 bits per heavy atom. The summed E-state index contributed by atoms with van der Waals surface area (Å²) in [4.78, 5) is 21.8. The number of nitrogens with one attached hydrogen (secondary N) is 1. The summed E-state index contributed by atoms with van der Waals surface area (Å²) < 4.78 is 5.29. The molecule has 0 spiro atoms. The molecule has 2 aromatic rings. The van der Waals surface area contributed by atoms with E-state index in [0.717, 1.165) is 0 Å². The summed E-state index contributed by atoms with van der Waals surface area (Å²) in [5.41, 5.74) is 3.60. The van der Waals surface area contributed by atoms with Crippen LogP contribution in [-0.2, 0) is 4.79 Å². The van der Waals surface area contributed by atoms with Crippen LogP contribution >= 0.6 is 0 Å². The molecule has 1 amide bonds. The van der Waals surface area contributed by atoms with Gasteiger partial charge in [0, 0.05) is 12.1 Å². The monoisotopic (exact) mass is 313 g/mol. The van der Waals surface area contributed by atoms with Crippen molar-refractivity contribution in [1.82, 2.24) is 5.43 Å². The molecule has 0 aromatic heterocycles. The van der Waals surface area contributed by atoms with Crippen molar-refractivity contribution in [2.24, 2.45) is 5.10 Å². The zero-order chi connectivity index (χ0) is 16.7. The number of hydrogen-bond acceptors (Lipinski definition) is 5. The molecule has 7 nitrogen and oxygen atoms in total. The standard InChI is InChI=1S/C16H15N3O4/c1-12(13-7-9-14(10-8-13)19(21)22)17-18-16(20)11-23-15-5-3-2-4-6-15/h2-10H,11H2,1H3,(H,18,20)/b17-12-. The zero-order valence-corrected chi connectivity index (χ0v) is 12.4. The molecule has 7 heteroatoms. The van der Waals surface area contributed by atoms with E-state index in [1.54, 1.807) is 31.2 Å². The normalized spacial score (nSPS) is 10.9. The van der Waals surface area contributed by atoms with E-state index in [9.17, 15) is 14.9 Å². The highest BCUT2D eigenvalue weighted by atomic mass is 16.6. The van der Waals surface area contributed by atoms with Gasteiger partial charge in [0.25, 0.3) is 11.6 Å². The summed E-state index contributed by atoms with van der Waals surface area (Å²) >= 11 is 0. The van der Waals surface area contributed by atoms with Gasteiger partial charge >= 0.3 is 0 Å². The van der Waals surface area contributed by atoms with Gasteiger partial charge in [-0.3, -0.25) is 14.9 Å². The molecule has 0 radical (unpaired) electrons. The number of nitrogens with zero attached hydrogens (tertiary/aromatic N) is 2. The molecule has 0 atom stereocenters. The molecule has 0 saturated heterocycles. The first-order chi connectivity index (χ1) is 11.1. The van der Waals surface area contributed by atoms with E-state index in [0.29, 0.717) is 17.0 Å². The van der Waals surface area contributed by atoms with Gasteiger partial charge in [0.1, 0.15) is 5.75 Å². The number of carbonyl (C=O) groups excluding carboxylic acids is 1. The largest absolute Gasteiger partial charge is 0.484 e. The van der Waals surface area contributed by atoms with Crippen molar-refractivity contribution in [3.63, 3.8) is 0 Å². The van der Waals surface area contributed by atoms with Crippen LogP contribution in [0.15, 0.2) is 59.7 Å². The summed E-state index contributed by atoms with van der Waals surface area (Å²) in [6, 6.07) is 14.9. The lowest BCUT2D eigenvalue weighted by Crippen LogP contribution is -2.25. The number of non-ortho nitro benzene ring substituents is 1. The molecule has 0 unspecified atom stereocenters. The number of amides is 1. The molecule has 0 aliphatic heterocycles. The summed E-state index contributed by atoms with van der Waals surface area (Å²) in [5, 5.41) is 14.5. The van der Waals surface area contributed by atoms with Gasteiger partial charge in [0.05, 0.1) is 10.6 Å². The number of nitro benzene ring substituents is 1. The van der Waals surface area contributed by atoms with Crippen molar-refractivity contribution in [1.29, 1.82) is 0 Å². The smallest absolute Gasteiger partial charge is 0.277 e. The predicted octanol–water partition coefficient (Wildman–Crippen LogP) is 2.51. The van der Waals surface area contributed by atoms with Crippen molar-refractivity contribution < 1.29 is 14.5 Å². The number of carbonyl (C=O) groups is 1. The van der Waals surface area contributed by atoms with E-state index >= 15 is 0 Å². The van der Waals surface area contributed by atoms with Gasteiger partial charge in [-0.1, -0.05) is 18.2 Å². The van der Waals surface area contributed by atoms with Crippen LogP contribution in [0.1, 0.15) is 12.5 Å². The van der Waals surface area contributed by atoms with Gasteiger partial charge < -0.3 is 4.74 Å². The second kappa shape index (κ2) is 7.69. The minimum Gasteiger partial charge on any atom is -0.484 e. The average Bonchev–Trinajstić information content (AvgIpc) is 2.58. The lowest BCUT2D eigenvalue weighted by Gasteiger charge is -2.05. The minimum atomic E-state index is -0.473. The molecule has 2 aromatic carbocycles. The summed E-state index contributed by atoms with van der Waals surface area (Å²) in [6.45, 7) is 1.54. The van der Waals surface area contributed by atoms with Crippen LogP contribution < -0.4 is 10.2 Å². The number of benzene rings is 2. The van der Waals surface area contributed by atoms with Crippen LogP contribution in [0.2, 0.25) is 0 Å². The molecule has 0 bridgehead atoms. The molecular formula is C16H15N3O4. The van der Waals surface area contributed by atoms with E-state index < -0.39 is 10.8 Å². The number of rotatable bonds is 6. The zero-order valence-electron chi connectivity index (χ0n) is 12.4. The van der Waals surface area contributed by atoms with Crippen molar-refractivity contribution in [3.05, 3.63) is 70.3 Å². The summed E-state index contributed by atoms with van der Waals surface area (Å²) in [7, 11) is 0. The summed E-state index contributed by atoms with van der Waals surface area (Å²) in [5.74, 6) is 0.203. The van der Waals surface area contributed by atoms with Crippen molar-refractivity contribution >= 4 is 17.3 Å². The Morgan fingerprint density at radius 2 is 1.83 bits per heavy atom. The van der Waals surface area contributed by atoms with Gasteiger partial charge in [-0.05, 0) is 36.8 Å². The lowest BCUT2D eigenvalue weighted by atomic mass is 10.1. The first-order valence-electron chi connectivity index (χ1n) is 6.82. The first kappa shape index (κ1) is 16.2. The third-order valence-electron chi connectivity index (χ3n) is 2.96. The second-order valence-corrected chi connectivity index (χ2v) is 4.64. The minimum absolute atomic E-state index is 0.00171. The van der Waals surface area contributed by atoms with Crippen LogP contribution in [0.25, 0.3) is 0 Å². The molecular weight excluding hydrogens is 298 g/mol. The van der Waals surface area contributed by atoms with Crippen molar-refractivity contribution in [2.45, 2.75) is 6.92 Å². The molecule has 0 aliphatic rings. The van der Waals surface area contributed by atoms with Crippen LogP contribution in [-0.4, -0.2) is 23.1 Å². The maximum absolute atomic E-state index is 11.7.